The predicted molar refractivity (Wildman–Crippen MR) is 111 cm³/mol. The zero-order valence-electron chi connectivity index (χ0n) is 17.2. The number of ketones is 1. The van der Waals surface area contributed by atoms with Gasteiger partial charge in [-0.05, 0) is 19.9 Å². The summed E-state index contributed by atoms with van der Waals surface area (Å²) < 4.78 is 11.9. The highest BCUT2D eigenvalue weighted by atomic mass is 16.5. The van der Waals surface area contributed by atoms with Gasteiger partial charge in [0.05, 0.1) is 17.4 Å². The molecule has 0 aliphatic heterocycles. The molecule has 4 aromatic rings. The maximum atomic E-state index is 13.2. The zero-order valence-corrected chi connectivity index (χ0v) is 17.2. The molecule has 4 aromatic heterocycles. The normalized spacial score (nSPS) is 11.2. The highest BCUT2D eigenvalue weighted by Gasteiger charge is 2.20. The number of anilines is 1. The van der Waals surface area contributed by atoms with Crippen molar-refractivity contribution in [1.82, 2.24) is 24.7 Å². The number of aromatic nitrogens is 5. The minimum atomic E-state index is -0.484. The van der Waals surface area contributed by atoms with Crippen LogP contribution in [0.2, 0.25) is 0 Å². The Morgan fingerprint density at radius 1 is 1.19 bits per heavy atom. The van der Waals surface area contributed by atoms with Gasteiger partial charge in [0, 0.05) is 48.8 Å². The zero-order chi connectivity index (χ0) is 22.0. The van der Waals surface area contributed by atoms with Gasteiger partial charge < -0.3 is 19.1 Å². The summed E-state index contributed by atoms with van der Waals surface area (Å²) >= 11 is 0. The van der Waals surface area contributed by atoms with E-state index in [1.165, 1.54) is 31.9 Å². The molecule has 1 amide bonds. The number of ether oxygens (including phenoxy) is 1. The van der Waals surface area contributed by atoms with Gasteiger partial charge in [-0.15, -0.1) is 0 Å². The fraction of sp³-hybridized carbons (Fsp3) is 0.238. The Balaban J connectivity index is 1.60. The smallest absolute Gasteiger partial charge is 0.277 e. The fourth-order valence-corrected chi connectivity index (χ4v) is 3.18. The summed E-state index contributed by atoms with van der Waals surface area (Å²) in [5, 5.41) is 7.05. The largest absolute Gasteiger partial charge is 0.377 e. The molecule has 0 atom stereocenters. The number of carbonyl (C=O) groups is 2. The highest BCUT2D eigenvalue weighted by Crippen LogP contribution is 2.25. The number of pyridine rings is 1. The molecule has 10 heteroatoms. The first-order chi connectivity index (χ1) is 15.0. The quantitative estimate of drug-likeness (QED) is 0.452. The van der Waals surface area contributed by atoms with Gasteiger partial charge in [-0.1, -0.05) is 5.16 Å². The molecule has 0 fully saturated rings. The Bertz CT molecular complexity index is 1260. The van der Waals surface area contributed by atoms with E-state index in [2.05, 4.69) is 25.4 Å². The molecule has 0 saturated carbocycles. The first-order valence-corrected chi connectivity index (χ1v) is 9.54. The van der Waals surface area contributed by atoms with Crippen molar-refractivity contribution in [3.8, 4) is 0 Å². The van der Waals surface area contributed by atoms with E-state index in [1.807, 2.05) is 18.4 Å². The maximum absolute atomic E-state index is 13.2. The second-order valence-corrected chi connectivity index (χ2v) is 7.16. The molecule has 0 unspecified atom stereocenters. The van der Waals surface area contributed by atoms with Crippen LogP contribution in [0.1, 0.15) is 52.1 Å². The van der Waals surface area contributed by atoms with E-state index in [0.717, 1.165) is 0 Å². The molecule has 0 aliphatic carbocycles. The molecule has 4 heterocycles. The molecule has 0 aliphatic rings. The topological polar surface area (TPSA) is 125 Å². The van der Waals surface area contributed by atoms with Crippen LogP contribution >= 0.6 is 0 Å². The number of amides is 1. The van der Waals surface area contributed by atoms with Crippen LogP contribution in [0.5, 0.6) is 0 Å². The summed E-state index contributed by atoms with van der Waals surface area (Å²) in [6, 6.07) is 3.17. The fourth-order valence-electron chi connectivity index (χ4n) is 3.18. The van der Waals surface area contributed by atoms with Gasteiger partial charge >= 0.3 is 0 Å². The minimum absolute atomic E-state index is 0.0981. The number of nitrogens with zero attached hydrogens (tertiary/aromatic N) is 5. The standard InChI is InChI=1S/C21H20N6O4/c1-12(2)27-9-17(16-8-23-11-24-20(16)27)19(28)13-4-14(7-22-6-13)25-21(29)18-5-15(10-30-3)31-26-18/h4-9,11-12H,10H2,1-3H3,(H,25,29). The molecule has 31 heavy (non-hydrogen) atoms. The molecule has 0 radical (unpaired) electrons. The monoisotopic (exact) mass is 420 g/mol. The van der Waals surface area contributed by atoms with Gasteiger partial charge in [0.1, 0.15) is 18.6 Å². The summed E-state index contributed by atoms with van der Waals surface area (Å²) in [7, 11) is 1.52. The van der Waals surface area contributed by atoms with Crippen molar-refractivity contribution in [2.45, 2.75) is 26.5 Å². The summed E-state index contributed by atoms with van der Waals surface area (Å²) in [5.74, 6) is -0.299. The number of rotatable bonds is 7. The average molecular weight is 420 g/mol. The molecule has 1 N–H and O–H groups in total. The molecule has 0 bridgehead atoms. The third kappa shape index (κ3) is 4.05. The van der Waals surface area contributed by atoms with Crippen LogP contribution in [-0.2, 0) is 11.3 Å². The van der Waals surface area contributed by atoms with E-state index >= 15 is 0 Å². The molecule has 0 spiro atoms. The summed E-state index contributed by atoms with van der Waals surface area (Å²) in [5.41, 5.74) is 1.93. The van der Waals surface area contributed by atoms with Crippen LogP contribution in [-0.4, -0.2) is 43.5 Å². The van der Waals surface area contributed by atoms with Crippen LogP contribution in [0.15, 0.2) is 47.8 Å². The van der Waals surface area contributed by atoms with Gasteiger partial charge in [0.25, 0.3) is 5.91 Å². The van der Waals surface area contributed by atoms with E-state index in [0.29, 0.717) is 33.6 Å². The summed E-state index contributed by atoms with van der Waals surface area (Å²) in [6.07, 6.45) is 7.74. The molecular formula is C21H20N6O4. The second kappa shape index (κ2) is 8.44. The van der Waals surface area contributed by atoms with E-state index in [4.69, 9.17) is 9.26 Å². The van der Waals surface area contributed by atoms with Crippen molar-refractivity contribution in [1.29, 1.82) is 0 Å². The Morgan fingerprint density at radius 3 is 2.81 bits per heavy atom. The highest BCUT2D eigenvalue weighted by molar-refractivity contribution is 6.16. The molecule has 10 nitrogen and oxygen atoms in total. The van der Waals surface area contributed by atoms with E-state index in [1.54, 1.807) is 18.5 Å². The van der Waals surface area contributed by atoms with Gasteiger partial charge in [0.15, 0.2) is 17.2 Å². The van der Waals surface area contributed by atoms with Crippen LogP contribution < -0.4 is 5.32 Å². The van der Waals surface area contributed by atoms with Crippen molar-refractivity contribution in [2.75, 3.05) is 12.4 Å². The van der Waals surface area contributed by atoms with E-state index in [9.17, 15) is 9.59 Å². The third-order valence-corrected chi connectivity index (χ3v) is 4.63. The maximum Gasteiger partial charge on any atom is 0.277 e. The first kappa shape index (κ1) is 20.4. The van der Waals surface area contributed by atoms with Crippen molar-refractivity contribution < 1.29 is 18.8 Å². The minimum Gasteiger partial charge on any atom is -0.377 e. The lowest BCUT2D eigenvalue weighted by atomic mass is 10.1. The Labute approximate surface area is 177 Å². The van der Waals surface area contributed by atoms with Crippen LogP contribution in [0, 0.1) is 0 Å². The number of hydrogen-bond acceptors (Lipinski definition) is 8. The van der Waals surface area contributed by atoms with Gasteiger partial charge in [-0.3, -0.25) is 14.6 Å². The first-order valence-electron chi connectivity index (χ1n) is 9.54. The van der Waals surface area contributed by atoms with Crippen molar-refractivity contribution in [3.63, 3.8) is 0 Å². The molecule has 0 saturated heterocycles. The molecular weight excluding hydrogens is 400 g/mol. The second-order valence-electron chi connectivity index (χ2n) is 7.16. The molecule has 0 aromatic carbocycles. The number of nitrogens with one attached hydrogen (secondary N) is 1. The lowest BCUT2D eigenvalue weighted by Gasteiger charge is -2.07. The lowest BCUT2D eigenvalue weighted by Crippen LogP contribution is -2.13. The molecule has 4 rings (SSSR count). The van der Waals surface area contributed by atoms with Crippen LogP contribution in [0.25, 0.3) is 11.0 Å². The van der Waals surface area contributed by atoms with E-state index in [-0.39, 0.29) is 24.1 Å². The lowest BCUT2D eigenvalue weighted by molar-refractivity contribution is 0.101. The van der Waals surface area contributed by atoms with Crippen molar-refractivity contribution in [2.24, 2.45) is 0 Å². The van der Waals surface area contributed by atoms with Crippen LogP contribution in [0.4, 0.5) is 5.69 Å². The Morgan fingerprint density at radius 2 is 2.03 bits per heavy atom. The van der Waals surface area contributed by atoms with Gasteiger partial charge in [0.2, 0.25) is 0 Å². The van der Waals surface area contributed by atoms with Crippen molar-refractivity contribution >= 4 is 28.4 Å². The van der Waals surface area contributed by atoms with Crippen molar-refractivity contribution in [3.05, 3.63) is 65.8 Å². The number of hydrogen-bond donors (Lipinski definition) is 1. The average Bonchev–Trinajstić information content (AvgIpc) is 3.39. The van der Waals surface area contributed by atoms with Crippen LogP contribution in [0.3, 0.4) is 0 Å². The summed E-state index contributed by atoms with van der Waals surface area (Å²) in [6.45, 7) is 4.23. The van der Waals surface area contributed by atoms with Gasteiger partial charge in [-0.25, -0.2) is 9.97 Å². The third-order valence-electron chi connectivity index (χ3n) is 4.63. The Kier molecular flexibility index (Phi) is 5.54. The van der Waals surface area contributed by atoms with Gasteiger partial charge in [-0.2, -0.15) is 0 Å². The Hall–Kier alpha value is -3.92. The number of fused-ring (bicyclic) bond motifs is 1. The number of carbonyl (C=O) groups excluding carboxylic acids is 2. The van der Waals surface area contributed by atoms with E-state index < -0.39 is 5.91 Å². The molecule has 158 valence electrons. The predicted octanol–water partition coefficient (Wildman–Crippen LogP) is 3.02. The number of methoxy groups -OCH3 is 1. The summed E-state index contributed by atoms with van der Waals surface area (Å²) in [4.78, 5) is 38.1. The SMILES string of the molecule is COCc1cc(C(=O)Nc2cncc(C(=O)c3cn(C(C)C)c4ncncc34)c2)no1.